The van der Waals surface area contributed by atoms with E-state index in [1.54, 1.807) is 0 Å². The summed E-state index contributed by atoms with van der Waals surface area (Å²) in [7, 11) is 0. The van der Waals surface area contributed by atoms with Gasteiger partial charge in [-0.1, -0.05) is 145 Å². The number of fused-ring (bicyclic) bond motifs is 2. The minimum absolute atomic E-state index is 0.679. The summed E-state index contributed by atoms with van der Waals surface area (Å²) >= 11 is 12.4. The van der Waals surface area contributed by atoms with E-state index in [4.69, 9.17) is 33.2 Å². The fraction of sp³-hybridized carbons (Fsp3) is 0.0213. The van der Waals surface area contributed by atoms with Crippen molar-refractivity contribution in [3.8, 4) is 22.5 Å². The zero-order valence-corrected chi connectivity index (χ0v) is 29.5. The summed E-state index contributed by atoms with van der Waals surface area (Å²) < 4.78 is 0. The van der Waals surface area contributed by atoms with Gasteiger partial charge in [0.25, 0.3) is 0 Å². The van der Waals surface area contributed by atoms with Crippen LogP contribution >= 0.6 is 23.2 Å². The maximum Gasteiger partial charge on any atom is 0.104 e. The molecule has 0 bridgehead atoms. The molecular formula is C47H32Cl2N2O. The molecule has 0 aliphatic carbocycles. The number of aliphatic hydroxyl groups excluding tert-OH is 1. The van der Waals surface area contributed by atoms with Crippen molar-refractivity contribution in [1.29, 1.82) is 0 Å². The number of rotatable bonds is 8. The Bertz CT molecular complexity index is 2400. The lowest BCUT2D eigenvalue weighted by molar-refractivity contribution is 0.220. The van der Waals surface area contributed by atoms with Crippen molar-refractivity contribution in [3.63, 3.8) is 0 Å². The molecule has 1 atom stereocenters. The molecule has 8 rings (SSSR count). The molecular weight excluding hydrogens is 679 g/mol. The highest BCUT2D eigenvalue weighted by Crippen LogP contribution is 2.34. The Labute approximate surface area is 312 Å². The minimum atomic E-state index is -0.877. The molecule has 1 N–H and O–H groups in total. The van der Waals surface area contributed by atoms with Crippen molar-refractivity contribution in [2.45, 2.75) is 6.10 Å². The Morgan fingerprint density at radius 3 is 1.25 bits per heavy atom. The van der Waals surface area contributed by atoms with Gasteiger partial charge in [-0.05, 0) is 94.0 Å². The average molecular weight is 712 g/mol. The molecule has 8 aromatic rings. The summed E-state index contributed by atoms with van der Waals surface area (Å²) in [6.07, 6.45) is 7.55. The van der Waals surface area contributed by atoms with E-state index >= 15 is 0 Å². The first-order valence-corrected chi connectivity index (χ1v) is 17.8. The van der Waals surface area contributed by atoms with Gasteiger partial charge in [-0.25, -0.2) is 9.97 Å². The average Bonchev–Trinajstić information content (AvgIpc) is 3.19. The second-order valence-electron chi connectivity index (χ2n) is 12.7. The van der Waals surface area contributed by atoms with Crippen molar-refractivity contribution in [2.24, 2.45) is 0 Å². The van der Waals surface area contributed by atoms with E-state index in [0.29, 0.717) is 10.0 Å². The largest absolute Gasteiger partial charge is 0.384 e. The molecule has 1 unspecified atom stereocenters. The highest BCUT2D eigenvalue weighted by molar-refractivity contribution is 6.31. The molecule has 0 aliphatic rings. The van der Waals surface area contributed by atoms with Gasteiger partial charge in [0.1, 0.15) is 6.10 Å². The summed E-state index contributed by atoms with van der Waals surface area (Å²) in [6, 6.07) is 52.0. The van der Waals surface area contributed by atoms with Crippen molar-refractivity contribution < 1.29 is 5.11 Å². The van der Waals surface area contributed by atoms with E-state index < -0.39 is 6.10 Å². The lowest BCUT2D eigenvalue weighted by Crippen LogP contribution is -2.01. The predicted molar refractivity (Wildman–Crippen MR) is 219 cm³/mol. The first kappa shape index (κ1) is 33.3. The summed E-state index contributed by atoms with van der Waals surface area (Å²) in [5.41, 5.74) is 11.1. The van der Waals surface area contributed by atoms with Crippen molar-refractivity contribution in [1.82, 2.24) is 9.97 Å². The van der Waals surface area contributed by atoms with E-state index in [1.807, 2.05) is 121 Å². The third kappa shape index (κ3) is 7.30. The molecule has 6 aromatic carbocycles. The SMILES string of the molecule is OC(c1ccc2nc(-c3ccc(Cl)cc3)cc(C=Cc3ccccc3)c2c1)c1ccc2nc(-c3ccc(Cl)cc3)cc(/C=C/c3ccccc3)c2c1. The van der Waals surface area contributed by atoms with Crippen LogP contribution in [0.5, 0.6) is 0 Å². The number of halogens is 2. The number of hydrogen-bond acceptors (Lipinski definition) is 3. The van der Waals surface area contributed by atoms with Gasteiger partial charge in [-0.15, -0.1) is 0 Å². The van der Waals surface area contributed by atoms with E-state index in [-0.39, 0.29) is 0 Å². The van der Waals surface area contributed by atoms with Crippen LogP contribution in [0.2, 0.25) is 10.0 Å². The van der Waals surface area contributed by atoms with E-state index in [0.717, 1.165) is 77.7 Å². The summed E-state index contributed by atoms with van der Waals surface area (Å²) in [6.45, 7) is 0. The van der Waals surface area contributed by atoms with Crippen molar-refractivity contribution in [3.05, 3.63) is 201 Å². The Kier molecular flexibility index (Phi) is 9.48. The van der Waals surface area contributed by atoms with Crippen LogP contribution in [0.25, 0.3) is 68.6 Å². The molecule has 3 nitrogen and oxygen atoms in total. The number of benzene rings is 6. The van der Waals surface area contributed by atoms with Crippen molar-refractivity contribution in [2.75, 3.05) is 0 Å². The third-order valence-electron chi connectivity index (χ3n) is 9.15. The van der Waals surface area contributed by atoms with E-state index in [9.17, 15) is 5.11 Å². The number of nitrogens with zero attached hydrogens (tertiary/aromatic N) is 2. The van der Waals surface area contributed by atoms with E-state index in [2.05, 4.69) is 60.7 Å². The fourth-order valence-electron chi connectivity index (χ4n) is 6.38. The maximum absolute atomic E-state index is 11.9. The van der Waals surface area contributed by atoms with Crippen LogP contribution in [-0.4, -0.2) is 15.1 Å². The zero-order chi connectivity index (χ0) is 35.4. The van der Waals surface area contributed by atoms with Gasteiger partial charge in [-0.3, -0.25) is 0 Å². The number of pyridine rings is 2. The van der Waals surface area contributed by atoms with Gasteiger partial charge in [0.15, 0.2) is 0 Å². The second-order valence-corrected chi connectivity index (χ2v) is 13.5. The van der Waals surface area contributed by atoms with Crippen LogP contribution in [-0.2, 0) is 0 Å². The molecule has 0 aliphatic heterocycles. The molecule has 5 heteroatoms. The summed E-state index contributed by atoms with van der Waals surface area (Å²) in [5.74, 6) is 0. The number of aliphatic hydroxyl groups is 1. The molecule has 0 amide bonds. The smallest absolute Gasteiger partial charge is 0.104 e. The highest BCUT2D eigenvalue weighted by atomic mass is 35.5. The molecule has 0 saturated carbocycles. The lowest BCUT2D eigenvalue weighted by atomic mass is 9.95. The Balaban J connectivity index is 1.21. The van der Waals surface area contributed by atoms with Crippen molar-refractivity contribution >= 4 is 69.3 Å². The molecule has 2 heterocycles. The standard InChI is InChI=1S/C47H32Cl2N2O/c48-39-21-15-33(16-22-39)45-29-35(13-11-31-7-3-1-4-8-31)41-27-37(19-25-43(41)50-45)47(52)38-20-26-44-42(28-38)36(14-12-32-9-5-2-6-10-32)30-46(51-44)34-17-23-40(49)24-18-34/h1-30,47,52H/b13-11+,14-12?. The number of hydrogen-bond donors (Lipinski definition) is 1. The van der Waals surface area contributed by atoms with Crippen LogP contribution in [0.1, 0.15) is 39.5 Å². The zero-order valence-electron chi connectivity index (χ0n) is 28.0. The lowest BCUT2D eigenvalue weighted by Gasteiger charge is -2.16. The Hall–Kier alpha value is -5.84. The van der Waals surface area contributed by atoms with Gasteiger partial charge in [-0.2, -0.15) is 0 Å². The monoisotopic (exact) mass is 710 g/mol. The first-order chi connectivity index (χ1) is 25.5. The maximum atomic E-state index is 11.9. The first-order valence-electron chi connectivity index (χ1n) is 17.0. The Morgan fingerprint density at radius 2 is 0.846 bits per heavy atom. The van der Waals surface area contributed by atoms with Gasteiger partial charge < -0.3 is 5.11 Å². The molecule has 52 heavy (non-hydrogen) atoms. The predicted octanol–water partition coefficient (Wildman–Crippen LogP) is 12.8. The second kappa shape index (κ2) is 14.8. The van der Waals surface area contributed by atoms with Gasteiger partial charge >= 0.3 is 0 Å². The van der Waals surface area contributed by atoms with Gasteiger partial charge in [0.2, 0.25) is 0 Å². The molecule has 2 aromatic heterocycles. The van der Waals surface area contributed by atoms with Crippen LogP contribution in [0, 0.1) is 0 Å². The molecule has 0 spiro atoms. The normalized spacial score (nSPS) is 12.3. The third-order valence-corrected chi connectivity index (χ3v) is 9.65. The fourth-order valence-corrected chi connectivity index (χ4v) is 6.64. The van der Waals surface area contributed by atoms with E-state index in [1.165, 1.54) is 0 Å². The molecule has 0 saturated heterocycles. The Morgan fingerprint density at radius 1 is 0.442 bits per heavy atom. The van der Waals surface area contributed by atoms with Crippen LogP contribution in [0.15, 0.2) is 158 Å². The van der Waals surface area contributed by atoms with Crippen LogP contribution in [0.4, 0.5) is 0 Å². The molecule has 0 radical (unpaired) electrons. The van der Waals surface area contributed by atoms with Crippen LogP contribution in [0.3, 0.4) is 0 Å². The highest BCUT2D eigenvalue weighted by Gasteiger charge is 2.16. The molecule has 250 valence electrons. The quantitative estimate of drug-likeness (QED) is 0.171. The topological polar surface area (TPSA) is 46.0 Å². The molecule has 0 fully saturated rings. The minimum Gasteiger partial charge on any atom is -0.384 e. The summed E-state index contributed by atoms with van der Waals surface area (Å²) in [5, 5.41) is 15.2. The van der Waals surface area contributed by atoms with Gasteiger partial charge in [0.05, 0.1) is 22.4 Å². The number of aromatic nitrogens is 2. The van der Waals surface area contributed by atoms with Crippen LogP contribution < -0.4 is 0 Å². The summed E-state index contributed by atoms with van der Waals surface area (Å²) in [4.78, 5) is 10.0. The van der Waals surface area contributed by atoms with Gasteiger partial charge in [0, 0.05) is 31.9 Å².